The number of ether oxygens (including phenoxy) is 3. The third-order valence-electron chi connectivity index (χ3n) is 4.19. The normalized spacial score (nSPS) is 14.1. The molecule has 8 heteroatoms. The minimum Gasteiger partial charge on any atom is -0.490 e. The Morgan fingerprint density at radius 2 is 2.07 bits per heavy atom. The maximum Gasteiger partial charge on any atom is 0.260 e. The van der Waals surface area contributed by atoms with Gasteiger partial charge in [-0.2, -0.15) is 10.5 Å². The van der Waals surface area contributed by atoms with E-state index in [2.05, 4.69) is 28.1 Å². The van der Waals surface area contributed by atoms with Gasteiger partial charge in [-0.15, -0.1) is 0 Å². The molecule has 0 spiro atoms. The SMILES string of the molecule is CCOc1cc(C#N)cc(Br)c1OCC(=O)N(CCC#N)C1CCOCC1. The fourth-order valence-corrected chi connectivity index (χ4v) is 3.49. The Bertz CT molecular complexity index is 736. The summed E-state index contributed by atoms with van der Waals surface area (Å²) in [5.74, 6) is 0.609. The molecule has 0 aromatic heterocycles. The van der Waals surface area contributed by atoms with E-state index in [1.54, 1.807) is 17.0 Å². The van der Waals surface area contributed by atoms with Crippen molar-refractivity contribution in [3.05, 3.63) is 22.2 Å². The van der Waals surface area contributed by atoms with Gasteiger partial charge in [-0.3, -0.25) is 4.79 Å². The minimum absolute atomic E-state index is 0.0546. The predicted octanol–water partition coefficient (Wildman–Crippen LogP) is 3.02. The number of halogens is 1. The van der Waals surface area contributed by atoms with Crippen molar-refractivity contribution < 1.29 is 19.0 Å². The highest BCUT2D eigenvalue weighted by molar-refractivity contribution is 9.10. The summed E-state index contributed by atoms with van der Waals surface area (Å²) < 4.78 is 17.2. The highest BCUT2D eigenvalue weighted by atomic mass is 79.9. The van der Waals surface area contributed by atoms with Gasteiger partial charge in [0.15, 0.2) is 18.1 Å². The first-order chi connectivity index (χ1) is 13.1. The number of carbonyl (C=O) groups is 1. The number of carbonyl (C=O) groups excluding carboxylic acids is 1. The second kappa shape index (κ2) is 10.8. The first-order valence-electron chi connectivity index (χ1n) is 8.84. The van der Waals surface area contributed by atoms with Gasteiger partial charge in [-0.1, -0.05) is 0 Å². The Morgan fingerprint density at radius 1 is 1.33 bits per heavy atom. The molecule has 0 aliphatic carbocycles. The summed E-state index contributed by atoms with van der Waals surface area (Å²) >= 11 is 3.37. The highest BCUT2D eigenvalue weighted by Gasteiger charge is 2.26. The second-order valence-electron chi connectivity index (χ2n) is 5.96. The summed E-state index contributed by atoms with van der Waals surface area (Å²) in [7, 11) is 0. The average Bonchev–Trinajstić information content (AvgIpc) is 2.68. The topological polar surface area (TPSA) is 95.6 Å². The molecule has 1 saturated heterocycles. The molecule has 1 fully saturated rings. The lowest BCUT2D eigenvalue weighted by Crippen LogP contribution is -2.45. The molecule has 27 heavy (non-hydrogen) atoms. The van der Waals surface area contributed by atoms with Gasteiger partial charge in [0, 0.05) is 31.9 Å². The van der Waals surface area contributed by atoms with Crippen molar-refractivity contribution in [2.75, 3.05) is 33.0 Å². The first kappa shape index (κ1) is 21.0. The van der Waals surface area contributed by atoms with E-state index in [1.165, 1.54) is 0 Å². The number of amides is 1. The summed E-state index contributed by atoms with van der Waals surface area (Å²) in [6.45, 7) is 3.65. The summed E-state index contributed by atoms with van der Waals surface area (Å²) in [4.78, 5) is 14.5. The second-order valence-corrected chi connectivity index (χ2v) is 6.81. The van der Waals surface area contributed by atoms with Gasteiger partial charge in [-0.05, 0) is 41.8 Å². The maximum atomic E-state index is 12.8. The molecule has 0 atom stereocenters. The van der Waals surface area contributed by atoms with Crippen molar-refractivity contribution in [3.63, 3.8) is 0 Å². The number of nitrogens with zero attached hydrogens (tertiary/aromatic N) is 3. The van der Waals surface area contributed by atoms with Crippen LogP contribution in [0.2, 0.25) is 0 Å². The Hall–Kier alpha value is -2.29. The van der Waals surface area contributed by atoms with Crippen LogP contribution in [0.25, 0.3) is 0 Å². The first-order valence-corrected chi connectivity index (χ1v) is 9.63. The number of nitriles is 2. The largest absolute Gasteiger partial charge is 0.490 e. The molecular weight excluding hydrogens is 414 g/mol. The fraction of sp³-hybridized carbons (Fsp3) is 0.526. The lowest BCUT2D eigenvalue weighted by Gasteiger charge is -2.34. The molecule has 1 heterocycles. The molecule has 0 bridgehead atoms. The van der Waals surface area contributed by atoms with Gasteiger partial charge in [0.25, 0.3) is 5.91 Å². The number of hydrogen-bond donors (Lipinski definition) is 0. The standard InChI is InChI=1S/C19H22BrN3O4/c1-2-26-17-11-14(12-22)10-16(20)19(17)27-13-18(24)23(7-3-6-21)15-4-8-25-9-5-15/h10-11,15H,2-5,7-9,13H2,1H3. The van der Waals surface area contributed by atoms with Crippen molar-refractivity contribution in [2.24, 2.45) is 0 Å². The van der Waals surface area contributed by atoms with Crippen LogP contribution in [-0.2, 0) is 9.53 Å². The minimum atomic E-state index is -0.184. The zero-order chi connectivity index (χ0) is 19.6. The van der Waals surface area contributed by atoms with Gasteiger partial charge < -0.3 is 19.1 Å². The summed E-state index contributed by atoms with van der Waals surface area (Å²) in [5.41, 5.74) is 0.432. The molecule has 7 nitrogen and oxygen atoms in total. The van der Waals surface area contributed by atoms with Crippen LogP contribution in [0.1, 0.15) is 31.7 Å². The Kier molecular flexibility index (Phi) is 8.38. The molecule has 1 aliphatic rings. The van der Waals surface area contributed by atoms with Crippen LogP contribution in [0.4, 0.5) is 0 Å². The van der Waals surface area contributed by atoms with E-state index < -0.39 is 0 Å². The van der Waals surface area contributed by atoms with Crippen molar-refractivity contribution in [1.29, 1.82) is 10.5 Å². The van der Waals surface area contributed by atoms with Crippen LogP contribution in [0.3, 0.4) is 0 Å². The Labute approximate surface area is 167 Å². The van der Waals surface area contributed by atoms with Crippen molar-refractivity contribution in [1.82, 2.24) is 4.90 Å². The van der Waals surface area contributed by atoms with E-state index in [9.17, 15) is 4.79 Å². The number of hydrogen-bond acceptors (Lipinski definition) is 6. The molecule has 144 valence electrons. The van der Waals surface area contributed by atoms with Crippen molar-refractivity contribution in [2.45, 2.75) is 32.2 Å². The molecule has 0 N–H and O–H groups in total. The molecule has 0 radical (unpaired) electrons. The molecule has 1 aliphatic heterocycles. The maximum absolute atomic E-state index is 12.8. The van der Waals surface area contributed by atoms with E-state index in [4.69, 9.17) is 24.7 Å². The molecular formula is C19H22BrN3O4. The van der Waals surface area contributed by atoms with Gasteiger partial charge in [0.05, 0.1) is 35.2 Å². The van der Waals surface area contributed by atoms with Crippen LogP contribution < -0.4 is 9.47 Å². The zero-order valence-corrected chi connectivity index (χ0v) is 16.8. The summed E-state index contributed by atoms with van der Waals surface area (Å²) in [5, 5.41) is 18.0. The molecule has 2 rings (SSSR count). The van der Waals surface area contributed by atoms with E-state index in [0.29, 0.717) is 47.9 Å². The lowest BCUT2D eigenvalue weighted by molar-refractivity contribution is -0.137. The van der Waals surface area contributed by atoms with E-state index in [0.717, 1.165) is 12.8 Å². The quantitative estimate of drug-likeness (QED) is 0.622. The van der Waals surface area contributed by atoms with E-state index >= 15 is 0 Å². The Balaban J connectivity index is 2.12. The summed E-state index contributed by atoms with van der Waals surface area (Å²) in [6.07, 6.45) is 1.78. The third-order valence-corrected chi connectivity index (χ3v) is 4.78. The van der Waals surface area contributed by atoms with Crippen LogP contribution in [-0.4, -0.2) is 49.8 Å². The predicted molar refractivity (Wildman–Crippen MR) is 101 cm³/mol. The number of rotatable bonds is 8. The number of benzene rings is 1. The van der Waals surface area contributed by atoms with Crippen molar-refractivity contribution in [3.8, 4) is 23.6 Å². The zero-order valence-electron chi connectivity index (χ0n) is 15.2. The Morgan fingerprint density at radius 3 is 2.70 bits per heavy atom. The highest BCUT2D eigenvalue weighted by Crippen LogP contribution is 2.36. The van der Waals surface area contributed by atoms with Gasteiger partial charge in [-0.25, -0.2) is 0 Å². The summed E-state index contributed by atoms with van der Waals surface area (Å²) in [6, 6.07) is 7.41. The molecule has 1 aromatic rings. The monoisotopic (exact) mass is 435 g/mol. The van der Waals surface area contributed by atoms with Crippen LogP contribution in [0, 0.1) is 22.7 Å². The van der Waals surface area contributed by atoms with Gasteiger partial charge >= 0.3 is 0 Å². The molecule has 1 amide bonds. The average molecular weight is 436 g/mol. The van der Waals surface area contributed by atoms with Crippen LogP contribution in [0.5, 0.6) is 11.5 Å². The third kappa shape index (κ3) is 5.85. The molecule has 0 saturated carbocycles. The van der Waals surface area contributed by atoms with E-state index in [1.807, 2.05) is 6.92 Å². The molecule has 0 unspecified atom stereocenters. The molecule has 1 aromatic carbocycles. The fourth-order valence-electron chi connectivity index (χ4n) is 2.93. The van der Waals surface area contributed by atoms with Crippen LogP contribution in [0.15, 0.2) is 16.6 Å². The van der Waals surface area contributed by atoms with Gasteiger partial charge in [0.2, 0.25) is 0 Å². The smallest absolute Gasteiger partial charge is 0.260 e. The van der Waals surface area contributed by atoms with Gasteiger partial charge in [0.1, 0.15) is 0 Å². The van der Waals surface area contributed by atoms with Crippen molar-refractivity contribution >= 4 is 21.8 Å². The lowest BCUT2D eigenvalue weighted by atomic mass is 10.1. The van der Waals surface area contributed by atoms with E-state index in [-0.39, 0.29) is 25.0 Å². The van der Waals surface area contributed by atoms with Crippen LogP contribution >= 0.6 is 15.9 Å².